The van der Waals surface area contributed by atoms with Crippen LogP contribution in [0.2, 0.25) is 0 Å². The van der Waals surface area contributed by atoms with E-state index in [0.717, 1.165) is 76.7 Å². The predicted molar refractivity (Wildman–Crippen MR) is 141 cm³/mol. The third-order valence-corrected chi connectivity index (χ3v) is 6.92. The SMILES string of the molecule is C#CC1=C(F)CCC2=C1C(c1cc(=C)/c(=C(\N=C(/C)CC)N3CCCC(C)C3)cn1)=CCC=C2. The first-order valence-electron chi connectivity index (χ1n) is 12.4. The molecule has 3 nitrogen and oxygen atoms in total. The molecule has 1 saturated heterocycles. The summed E-state index contributed by atoms with van der Waals surface area (Å²) in [7, 11) is 0. The lowest BCUT2D eigenvalue weighted by Crippen LogP contribution is -2.39. The second-order valence-corrected chi connectivity index (χ2v) is 9.52. The van der Waals surface area contributed by atoms with Gasteiger partial charge in [-0.25, -0.2) is 9.38 Å². The van der Waals surface area contributed by atoms with E-state index in [2.05, 4.69) is 56.4 Å². The maximum absolute atomic E-state index is 14.7. The molecule has 1 aromatic heterocycles. The fourth-order valence-electron chi connectivity index (χ4n) is 4.93. The molecule has 2 heterocycles. The summed E-state index contributed by atoms with van der Waals surface area (Å²) in [5.74, 6) is 3.97. The van der Waals surface area contributed by atoms with Gasteiger partial charge in [-0.3, -0.25) is 4.98 Å². The highest BCUT2D eigenvalue weighted by Crippen LogP contribution is 2.40. The predicted octanol–water partition coefficient (Wildman–Crippen LogP) is 5.45. The van der Waals surface area contributed by atoms with Crippen molar-refractivity contribution in [1.29, 1.82) is 0 Å². The number of aliphatic imine (C=N–C) groups is 1. The summed E-state index contributed by atoms with van der Waals surface area (Å²) in [5, 5.41) is 1.82. The number of nitrogens with zero attached hydrogens (tertiary/aromatic N) is 3. The molecule has 0 N–H and O–H groups in total. The molecule has 4 rings (SSSR count). The number of allylic oxidation sites excluding steroid dienone is 8. The third-order valence-electron chi connectivity index (χ3n) is 6.92. The number of rotatable bonds is 4. The second-order valence-electron chi connectivity index (χ2n) is 9.52. The molecule has 1 atom stereocenters. The van der Waals surface area contributed by atoms with Gasteiger partial charge in [-0.1, -0.05) is 44.6 Å². The van der Waals surface area contributed by atoms with Crippen LogP contribution >= 0.6 is 0 Å². The molecule has 0 radical (unpaired) electrons. The Morgan fingerprint density at radius 3 is 2.91 bits per heavy atom. The summed E-state index contributed by atoms with van der Waals surface area (Å²) in [6, 6.07) is 2.00. The lowest BCUT2D eigenvalue weighted by atomic mass is 9.84. The van der Waals surface area contributed by atoms with Gasteiger partial charge in [-0.05, 0) is 61.8 Å². The third kappa shape index (κ3) is 4.85. The number of piperidine rings is 1. The second kappa shape index (κ2) is 10.4. The van der Waals surface area contributed by atoms with Crippen LogP contribution in [0, 0.1) is 18.3 Å². The van der Waals surface area contributed by atoms with Crippen molar-refractivity contribution in [3.63, 3.8) is 0 Å². The van der Waals surface area contributed by atoms with E-state index in [-0.39, 0.29) is 5.83 Å². The highest BCUT2D eigenvalue weighted by Gasteiger charge is 2.25. The molecule has 0 saturated carbocycles. The molecule has 0 bridgehead atoms. The van der Waals surface area contributed by atoms with Crippen LogP contribution in [-0.2, 0) is 0 Å². The largest absolute Gasteiger partial charge is 0.356 e. The van der Waals surface area contributed by atoms with Crippen molar-refractivity contribution in [2.75, 3.05) is 13.1 Å². The van der Waals surface area contributed by atoms with Crippen molar-refractivity contribution in [2.45, 2.75) is 59.3 Å². The van der Waals surface area contributed by atoms with Crippen LogP contribution < -0.4 is 10.4 Å². The van der Waals surface area contributed by atoms with E-state index in [1.807, 2.05) is 12.3 Å². The number of likely N-dealkylation sites (tertiary alicyclic amines) is 1. The van der Waals surface area contributed by atoms with Gasteiger partial charge in [0.15, 0.2) is 0 Å². The summed E-state index contributed by atoms with van der Waals surface area (Å²) < 4.78 is 14.7. The van der Waals surface area contributed by atoms with Gasteiger partial charge in [0.25, 0.3) is 0 Å². The summed E-state index contributed by atoms with van der Waals surface area (Å²) in [6.45, 7) is 12.8. The van der Waals surface area contributed by atoms with Crippen molar-refractivity contribution in [2.24, 2.45) is 10.9 Å². The maximum atomic E-state index is 14.7. The number of pyridine rings is 1. The fraction of sp³-hybridized carbons (Fsp3) is 0.400. The number of halogens is 1. The topological polar surface area (TPSA) is 28.5 Å². The molecular weight excluding hydrogens is 421 g/mol. The van der Waals surface area contributed by atoms with E-state index < -0.39 is 0 Å². The lowest BCUT2D eigenvalue weighted by molar-refractivity contribution is 0.256. The fourth-order valence-corrected chi connectivity index (χ4v) is 4.93. The van der Waals surface area contributed by atoms with Crippen molar-refractivity contribution < 1.29 is 4.39 Å². The first-order valence-corrected chi connectivity index (χ1v) is 12.4. The molecule has 1 aliphatic heterocycles. The minimum Gasteiger partial charge on any atom is -0.356 e. The molecule has 0 spiro atoms. The van der Waals surface area contributed by atoms with Gasteiger partial charge in [0, 0.05) is 47.8 Å². The van der Waals surface area contributed by atoms with E-state index in [4.69, 9.17) is 16.4 Å². The Hall–Kier alpha value is -3.19. The number of aromatic nitrogens is 1. The van der Waals surface area contributed by atoms with E-state index in [1.165, 1.54) is 6.42 Å². The smallest absolute Gasteiger partial charge is 0.137 e. The molecule has 0 aromatic carbocycles. The Bertz CT molecular complexity index is 1280. The minimum absolute atomic E-state index is 0.215. The number of hydrogen-bond donors (Lipinski definition) is 0. The molecule has 3 aliphatic rings. The monoisotopic (exact) mass is 455 g/mol. The molecule has 2 aliphatic carbocycles. The average molecular weight is 456 g/mol. The van der Waals surface area contributed by atoms with Gasteiger partial charge in [0.1, 0.15) is 11.6 Å². The van der Waals surface area contributed by atoms with Crippen LogP contribution in [0.15, 0.2) is 58.0 Å². The quantitative estimate of drug-likeness (QED) is 0.446. The van der Waals surface area contributed by atoms with Crippen molar-refractivity contribution in [3.05, 3.63) is 69.2 Å². The summed E-state index contributed by atoms with van der Waals surface area (Å²) in [6.07, 6.45) is 19.0. The molecular formula is C30H34FN3. The van der Waals surface area contributed by atoms with Crippen LogP contribution in [0.3, 0.4) is 0 Å². The Kier molecular flexibility index (Phi) is 7.32. The first-order chi connectivity index (χ1) is 16.4. The van der Waals surface area contributed by atoms with Crippen LogP contribution in [-0.4, -0.2) is 28.7 Å². The zero-order valence-corrected chi connectivity index (χ0v) is 20.6. The molecule has 4 heteroatoms. The van der Waals surface area contributed by atoms with Gasteiger partial charge >= 0.3 is 0 Å². The summed E-state index contributed by atoms with van der Waals surface area (Å²) in [5.41, 5.74) is 4.98. The molecule has 0 amide bonds. The molecule has 1 fully saturated rings. The normalized spacial score (nSPS) is 22.2. The van der Waals surface area contributed by atoms with Gasteiger partial charge in [-0.15, -0.1) is 6.42 Å². The van der Waals surface area contributed by atoms with Gasteiger partial charge in [-0.2, -0.15) is 0 Å². The maximum Gasteiger partial charge on any atom is 0.137 e. The highest BCUT2D eigenvalue weighted by molar-refractivity contribution is 5.87. The zero-order chi connectivity index (χ0) is 24.2. The van der Waals surface area contributed by atoms with Gasteiger partial charge in [0.05, 0.1) is 11.3 Å². The highest BCUT2D eigenvalue weighted by atomic mass is 19.1. The standard InChI is InChI=1S/C30H34FN3/c1-6-22(5)33-30(34-16-10-11-20(3)19-34)26-18-32-28(17-21(26)4)25-13-9-8-12-23-14-15-27(31)24(7-2)29(23)25/h2,8,12-13,17-18,20H,4,6,9-11,14-16,19H2,1,3,5H3/b30-26+,33-22+. The Labute approximate surface area is 202 Å². The number of hydrogen-bond acceptors (Lipinski definition) is 3. The van der Waals surface area contributed by atoms with Crippen LogP contribution in [0.5, 0.6) is 0 Å². The van der Waals surface area contributed by atoms with Crippen molar-refractivity contribution in [3.8, 4) is 12.3 Å². The van der Waals surface area contributed by atoms with E-state index in [0.29, 0.717) is 24.3 Å². The van der Waals surface area contributed by atoms with Crippen molar-refractivity contribution in [1.82, 2.24) is 9.88 Å². The van der Waals surface area contributed by atoms with E-state index in [9.17, 15) is 4.39 Å². The Morgan fingerprint density at radius 1 is 1.38 bits per heavy atom. The van der Waals surface area contributed by atoms with Crippen LogP contribution in [0.1, 0.15) is 65.0 Å². The average Bonchev–Trinajstić information content (AvgIpc) is 3.05. The van der Waals surface area contributed by atoms with Crippen LogP contribution in [0.4, 0.5) is 4.39 Å². The Balaban J connectivity index is 1.85. The number of terminal acetylenes is 1. The first kappa shape index (κ1) is 24.0. The molecule has 176 valence electrons. The van der Waals surface area contributed by atoms with Gasteiger partial charge in [0.2, 0.25) is 0 Å². The van der Waals surface area contributed by atoms with Crippen LogP contribution in [0.25, 0.3) is 18.0 Å². The summed E-state index contributed by atoms with van der Waals surface area (Å²) >= 11 is 0. The zero-order valence-electron chi connectivity index (χ0n) is 20.6. The van der Waals surface area contributed by atoms with Crippen molar-refractivity contribution >= 4 is 23.7 Å². The van der Waals surface area contributed by atoms with E-state index >= 15 is 0 Å². The van der Waals surface area contributed by atoms with E-state index in [1.54, 1.807) is 0 Å². The lowest BCUT2D eigenvalue weighted by Gasteiger charge is -2.33. The van der Waals surface area contributed by atoms with Gasteiger partial charge < -0.3 is 4.90 Å². The minimum atomic E-state index is -0.215. The molecule has 1 unspecified atom stereocenters. The Morgan fingerprint density at radius 2 is 2.21 bits per heavy atom. The molecule has 34 heavy (non-hydrogen) atoms. The molecule has 1 aromatic rings. The summed E-state index contributed by atoms with van der Waals surface area (Å²) in [4.78, 5) is 12.2.